The summed E-state index contributed by atoms with van der Waals surface area (Å²) in [7, 11) is 1.55. The smallest absolute Gasteiger partial charge is 0.347 e. The van der Waals surface area contributed by atoms with E-state index in [1.165, 1.54) is 6.07 Å². The van der Waals surface area contributed by atoms with Crippen LogP contribution < -0.4 is 14.2 Å². The molecule has 0 spiro atoms. The summed E-state index contributed by atoms with van der Waals surface area (Å²) in [5, 5.41) is 9.77. The number of para-hydroxylation sites is 2. The molecule has 4 rings (SSSR count). The van der Waals surface area contributed by atoms with E-state index in [9.17, 15) is 14.7 Å². The molecule has 0 amide bonds. The van der Waals surface area contributed by atoms with Crippen molar-refractivity contribution in [1.29, 1.82) is 0 Å². The number of carbonyl (C=O) groups excluding carboxylic acids is 2. The molecule has 0 aliphatic carbocycles. The van der Waals surface area contributed by atoms with E-state index in [1.54, 1.807) is 61.7 Å². The van der Waals surface area contributed by atoms with E-state index in [0.717, 1.165) is 17.5 Å². The van der Waals surface area contributed by atoms with Crippen molar-refractivity contribution < 1.29 is 28.9 Å². The number of rotatable bonds is 7. The number of carbonyl (C=O) groups is 2. The molecule has 37 heavy (non-hydrogen) atoms. The topological polar surface area (TPSA) is 82.1 Å². The quantitative estimate of drug-likeness (QED) is 0.227. The third kappa shape index (κ3) is 7.21. The van der Waals surface area contributed by atoms with E-state index in [1.807, 2.05) is 50.2 Å². The van der Waals surface area contributed by atoms with Gasteiger partial charge in [-0.1, -0.05) is 74.5 Å². The van der Waals surface area contributed by atoms with Crippen LogP contribution in [0.4, 0.5) is 0 Å². The van der Waals surface area contributed by atoms with E-state index in [-0.39, 0.29) is 17.3 Å². The van der Waals surface area contributed by atoms with Crippen molar-refractivity contribution in [3.8, 4) is 23.0 Å². The van der Waals surface area contributed by atoms with Gasteiger partial charge in [-0.2, -0.15) is 0 Å². The Balaban J connectivity index is 0.000000206. The van der Waals surface area contributed by atoms with Crippen molar-refractivity contribution in [2.45, 2.75) is 26.7 Å². The lowest BCUT2D eigenvalue weighted by Crippen LogP contribution is -2.12. The van der Waals surface area contributed by atoms with Gasteiger partial charge in [0.25, 0.3) is 0 Å². The minimum absolute atomic E-state index is 0.0460. The Morgan fingerprint density at radius 2 is 1.08 bits per heavy atom. The van der Waals surface area contributed by atoms with E-state index < -0.39 is 5.97 Å². The molecule has 0 atom stereocenters. The van der Waals surface area contributed by atoms with Crippen molar-refractivity contribution >= 4 is 11.9 Å². The van der Waals surface area contributed by atoms with Crippen molar-refractivity contribution in [3.63, 3.8) is 0 Å². The summed E-state index contributed by atoms with van der Waals surface area (Å²) in [5.74, 6) is 0.570. The monoisotopic (exact) mass is 498 g/mol. The van der Waals surface area contributed by atoms with Gasteiger partial charge < -0.3 is 19.3 Å². The van der Waals surface area contributed by atoms with Gasteiger partial charge in [-0.05, 0) is 60.4 Å². The molecular weight excluding hydrogens is 468 g/mol. The molecular formula is C31H30O6. The molecule has 6 nitrogen and oxygen atoms in total. The van der Waals surface area contributed by atoms with Gasteiger partial charge in [0, 0.05) is 0 Å². The number of ether oxygens (including phenoxy) is 3. The highest BCUT2D eigenvalue weighted by molar-refractivity contribution is 5.96. The van der Waals surface area contributed by atoms with Crippen LogP contribution in [0.25, 0.3) is 0 Å². The molecule has 0 fully saturated rings. The van der Waals surface area contributed by atoms with E-state index >= 15 is 0 Å². The summed E-state index contributed by atoms with van der Waals surface area (Å²) in [5.41, 5.74) is 2.43. The number of methoxy groups -OCH3 is 1. The highest BCUT2D eigenvalue weighted by Gasteiger charge is 2.19. The van der Waals surface area contributed by atoms with Crippen LogP contribution in [-0.4, -0.2) is 24.2 Å². The van der Waals surface area contributed by atoms with Crippen molar-refractivity contribution in [2.24, 2.45) is 0 Å². The number of hydrogen-bond donors (Lipinski definition) is 1. The third-order valence-corrected chi connectivity index (χ3v) is 5.54. The van der Waals surface area contributed by atoms with Gasteiger partial charge in [0.1, 0.15) is 34.1 Å². The molecule has 0 saturated heterocycles. The molecule has 1 N–H and O–H groups in total. The molecule has 0 heterocycles. The van der Waals surface area contributed by atoms with Crippen molar-refractivity contribution in [3.05, 3.63) is 119 Å². The minimum Gasteiger partial charge on any atom is -0.507 e. The Hall–Kier alpha value is -4.58. The molecule has 0 saturated carbocycles. The molecule has 0 aliphatic rings. The predicted octanol–water partition coefficient (Wildman–Crippen LogP) is 6.65. The summed E-state index contributed by atoms with van der Waals surface area (Å²) in [6.07, 6.45) is 1.41. The van der Waals surface area contributed by atoms with Gasteiger partial charge in [0.15, 0.2) is 0 Å². The largest absolute Gasteiger partial charge is 0.507 e. The van der Waals surface area contributed by atoms with Crippen LogP contribution in [-0.2, 0) is 12.8 Å². The molecule has 6 heteroatoms. The minimum atomic E-state index is -0.531. The maximum absolute atomic E-state index is 12.3. The summed E-state index contributed by atoms with van der Waals surface area (Å²) in [6.45, 7) is 3.92. The zero-order valence-electron chi connectivity index (χ0n) is 21.1. The highest BCUT2D eigenvalue weighted by atomic mass is 16.5. The Kier molecular flexibility index (Phi) is 9.85. The first-order valence-electron chi connectivity index (χ1n) is 12.0. The van der Waals surface area contributed by atoms with Crippen LogP contribution in [0.15, 0.2) is 97.1 Å². The number of aryl methyl sites for hydroxylation is 2. The molecule has 0 radical (unpaired) electrons. The lowest BCUT2D eigenvalue weighted by Gasteiger charge is -2.12. The SMILES string of the molecule is CCc1cccc(O)c1C(=O)Oc1ccccc1.CCc1cccc(OC)c1C(=O)Oc1ccccc1. The zero-order valence-corrected chi connectivity index (χ0v) is 21.1. The Bertz CT molecular complexity index is 1290. The van der Waals surface area contributed by atoms with Crippen LogP contribution >= 0.6 is 0 Å². The summed E-state index contributed by atoms with van der Waals surface area (Å²) in [4.78, 5) is 24.3. The van der Waals surface area contributed by atoms with Crippen LogP contribution in [0, 0.1) is 0 Å². The van der Waals surface area contributed by atoms with Gasteiger partial charge in [-0.15, -0.1) is 0 Å². The van der Waals surface area contributed by atoms with Crippen LogP contribution in [0.5, 0.6) is 23.0 Å². The van der Waals surface area contributed by atoms with E-state index in [0.29, 0.717) is 29.2 Å². The molecule has 0 aromatic heterocycles. The van der Waals surface area contributed by atoms with Gasteiger partial charge in [0.2, 0.25) is 0 Å². The third-order valence-electron chi connectivity index (χ3n) is 5.54. The van der Waals surface area contributed by atoms with Crippen LogP contribution in [0.2, 0.25) is 0 Å². The first-order valence-corrected chi connectivity index (χ1v) is 12.0. The summed E-state index contributed by atoms with van der Waals surface area (Å²) in [6, 6.07) is 28.4. The maximum Gasteiger partial charge on any atom is 0.347 e. The number of phenolic OH excluding ortho intramolecular Hbond substituents is 1. The first kappa shape index (κ1) is 27.0. The second-order valence-corrected chi connectivity index (χ2v) is 7.92. The Morgan fingerprint density at radius 1 is 0.622 bits per heavy atom. The van der Waals surface area contributed by atoms with E-state index in [2.05, 4.69) is 0 Å². The lowest BCUT2D eigenvalue weighted by molar-refractivity contribution is 0.0720. The Labute approximate surface area is 217 Å². The van der Waals surface area contributed by atoms with Crippen LogP contribution in [0.1, 0.15) is 45.7 Å². The standard InChI is InChI=1S/C16H16O3.C15H14O3/c1-3-12-8-7-11-14(18-2)15(12)16(17)19-13-9-5-4-6-10-13;1-2-11-7-6-10-13(16)14(11)15(17)18-12-8-4-3-5-9-12/h4-11H,3H2,1-2H3;3-10,16H,2H2,1H3. The van der Waals surface area contributed by atoms with Gasteiger partial charge >= 0.3 is 11.9 Å². The normalized spacial score (nSPS) is 10.0. The second kappa shape index (κ2) is 13.5. The fourth-order valence-electron chi connectivity index (χ4n) is 3.68. The van der Waals surface area contributed by atoms with Crippen molar-refractivity contribution in [2.75, 3.05) is 7.11 Å². The molecule has 0 bridgehead atoms. The fourth-order valence-corrected chi connectivity index (χ4v) is 3.68. The molecule has 0 aliphatic heterocycles. The second-order valence-electron chi connectivity index (χ2n) is 7.92. The number of hydrogen-bond acceptors (Lipinski definition) is 6. The number of phenols is 1. The van der Waals surface area contributed by atoms with Gasteiger partial charge in [-0.25, -0.2) is 9.59 Å². The molecule has 0 unspecified atom stereocenters. The first-order chi connectivity index (χ1) is 18.0. The highest BCUT2D eigenvalue weighted by Crippen LogP contribution is 2.25. The average Bonchev–Trinajstić information content (AvgIpc) is 2.93. The zero-order chi connectivity index (χ0) is 26.6. The predicted molar refractivity (Wildman–Crippen MR) is 143 cm³/mol. The summed E-state index contributed by atoms with van der Waals surface area (Å²) >= 11 is 0. The maximum atomic E-state index is 12.3. The van der Waals surface area contributed by atoms with Crippen molar-refractivity contribution in [1.82, 2.24) is 0 Å². The van der Waals surface area contributed by atoms with Crippen LogP contribution in [0.3, 0.4) is 0 Å². The molecule has 4 aromatic carbocycles. The average molecular weight is 499 g/mol. The fraction of sp³-hybridized carbons (Fsp3) is 0.161. The summed E-state index contributed by atoms with van der Waals surface area (Å²) < 4.78 is 15.8. The van der Waals surface area contributed by atoms with Gasteiger partial charge in [-0.3, -0.25) is 0 Å². The van der Waals surface area contributed by atoms with E-state index in [4.69, 9.17) is 14.2 Å². The Morgan fingerprint density at radius 3 is 1.57 bits per heavy atom. The molecule has 4 aromatic rings. The number of aromatic hydroxyl groups is 1. The number of benzene rings is 4. The van der Waals surface area contributed by atoms with Gasteiger partial charge in [0.05, 0.1) is 7.11 Å². The molecule has 190 valence electrons. The number of esters is 2. The lowest BCUT2D eigenvalue weighted by atomic mass is 10.0.